The zero-order chi connectivity index (χ0) is 27.7. The molecule has 3 aromatic heterocycles. The van der Waals surface area contributed by atoms with Gasteiger partial charge in [-0.05, 0) is 30.5 Å². The van der Waals surface area contributed by atoms with E-state index in [0.717, 1.165) is 11.3 Å². The molecule has 2 atom stereocenters. The molecule has 12 nitrogen and oxygen atoms in total. The molecule has 4 aromatic rings. The van der Waals surface area contributed by atoms with Crippen LogP contribution in [-0.2, 0) is 24.9 Å². The van der Waals surface area contributed by atoms with Crippen LogP contribution in [0.2, 0.25) is 0 Å². The quantitative estimate of drug-likeness (QED) is 0.318. The summed E-state index contributed by atoms with van der Waals surface area (Å²) in [6.45, 7) is 5.17. The van der Waals surface area contributed by atoms with E-state index in [-0.39, 0.29) is 23.0 Å². The van der Waals surface area contributed by atoms with E-state index in [9.17, 15) is 14.4 Å². The number of imidazole rings is 1. The number of fused-ring (bicyclic) bond motifs is 1. The Hall–Kier alpha value is -4.35. The van der Waals surface area contributed by atoms with Crippen LogP contribution in [0.3, 0.4) is 0 Å². The summed E-state index contributed by atoms with van der Waals surface area (Å²) in [4.78, 5) is 45.9. The highest BCUT2D eigenvalue weighted by atomic mass is 16.5. The number of carbonyl (C=O) groups is 1. The van der Waals surface area contributed by atoms with Crippen LogP contribution in [0.25, 0.3) is 22.7 Å². The minimum Gasteiger partial charge on any atom is -0.497 e. The molecule has 2 unspecified atom stereocenters. The van der Waals surface area contributed by atoms with Crippen molar-refractivity contribution in [1.29, 1.82) is 0 Å². The van der Waals surface area contributed by atoms with Gasteiger partial charge in [-0.2, -0.15) is 5.10 Å². The van der Waals surface area contributed by atoms with Crippen LogP contribution >= 0.6 is 0 Å². The number of aryl methyl sites for hydroxylation is 2. The summed E-state index contributed by atoms with van der Waals surface area (Å²) in [5, 5.41) is 7.46. The number of benzene rings is 1. The van der Waals surface area contributed by atoms with Crippen LogP contribution in [0.15, 0.2) is 39.9 Å². The Morgan fingerprint density at radius 2 is 1.79 bits per heavy atom. The van der Waals surface area contributed by atoms with Gasteiger partial charge in [0, 0.05) is 45.1 Å². The number of H-pyrrole nitrogens is 1. The minimum absolute atomic E-state index is 0.0121. The Kier molecular flexibility index (Phi) is 7.27. The molecule has 0 bridgehead atoms. The van der Waals surface area contributed by atoms with Crippen molar-refractivity contribution in [3.05, 3.63) is 56.7 Å². The summed E-state index contributed by atoms with van der Waals surface area (Å²) in [6, 6.07) is 9.32. The maximum Gasteiger partial charge on any atom is 0.332 e. The van der Waals surface area contributed by atoms with Gasteiger partial charge in [0.15, 0.2) is 11.5 Å². The Morgan fingerprint density at radius 1 is 1.08 bits per heavy atom. The minimum atomic E-state index is -0.412. The van der Waals surface area contributed by atoms with Gasteiger partial charge in [-0.25, -0.2) is 14.5 Å². The maximum atomic E-state index is 13.1. The van der Waals surface area contributed by atoms with E-state index >= 15 is 0 Å². The second kappa shape index (κ2) is 10.8. The van der Waals surface area contributed by atoms with Gasteiger partial charge in [-0.15, -0.1) is 0 Å². The highest BCUT2D eigenvalue weighted by molar-refractivity contribution is 5.78. The van der Waals surface area contributed by atoms with Crippen molar-refractivity contribution in [1.82, 2.24) is 34.2 Å². The first-order valence-electron chi connectivity index (χ1n) is 13.2. The van der Waals surface area contributed by atoms with Crippen LogP contribution in [0.4, 0.5) is 0 Å². The normalized spacial score (nSPS) is 16.0. The van der Waals surface area contributed by atoms with Crippen molar-refractivity contribution in [2.24, 2.45) is 13.0 Å². The van der Waals surface area contributed by atoms with Gasteiger partial charge in [0.05, 0.1) is 7.11 Å². The van der Waals surface area contributed by atoms with Crippen LogP contribution in [0.1, 0.15) is 44.8 Å². The van der Waals surface area contributed by atoms with Crippen molar-refractivity contribution in [3.8, 4) is 23.1 Å². The second-order valence-corrected chi connectivity index (χ2v) is 9.75. The van der Waals surface area contributed by atoms with Gasteiger partial charge in [-0.1, -0.05) is 26.0 Å². The molecule has 1 aromatic carbocycles. The van der Waals surface area contributed by atoms with Crippen molar-refractivity contribution < 1.29 is 14.3 Å². The lowest BCUT2D eigenvalue weighted by atomic mass is 9.94. The second-order valence-electron chi connectivity index (χ2n) is 9.75. The van der Waals surface area contributed by atoms with E-state index in [0.29, 0.717) is 61.9 Å². The molecule has 4 heterocycles. The van der Waals surface area contributed by atoms with Crippen LogP contribution in [0, 0.1) is 5.92 Å². The average molecular weight is 536 g/mol. The van der Waals surface area contributed by atoms with Gasteiger partial charge >= 0.3 is 5.69 Å². The first-order valence-corrected chi connectivity index (χ1v) is 13.2. The fourth-order valence-corrected chi connectivity index (χ4v) is 5.01. The number of carbonyl (C=O) groups excluding carboxylic acids is 1. The number of methoxy groups -OCH3 is 1. The predicted molar refractivity (Wildman–Crippen MR) is 145 cm³/mol. The SMILES string of the molecule is CCCn1c(=O)c2[nH]c(-c3cc(OC(c4ccc(OC)cc4)C4CNC(=O)C4)n(C)n3)nc2n(CCC)c1=O. The van der Waals surface area contributed by atoms with Crippen molar-refractivity contribution >= 4 is 17.1 Å². The van der Waals surface area contributed by atoms with E-state index in [1.807, 2.05) is 38.1 Å². The fourth-order valence-electron chi connectivity index (χ4n) is 5.01. The third-order valence-electron chi connectivity index (χ3n) is 6.96. The monoisotopic (exact) mass is 535 g/mol. The number of nitrogens with one attached hydrogen (secondary N) is 2. The first kappa shape index (κ1) is 26.3. The van der Waals surface area contributed by atoms with Crippen LogP contribution < -0.4 is 26.0 Å². The number of hydrogen-bond acceptors (Lipinski definition) is 7. The summed E-state index contributed by atoms with van der Waals surface area (Å²) < 4.78 is 16.2. The number of aromatic amines is 1. The molecule has 0 radical (unpaired) electrons. The Morgan fingerprint density at radius 3 is 2.44 bits per heavy atom. The van der Waals surface area contributed by atoms with Crippen molar-refractivity contribution in [2.75, 3.05) is 13.7 Å². The fraction of sp³-hybridized carbons (Fsp3) is 0.444. The lowest BCUT2D eigenvalue weighted by Crippen LogP contribution is -2.40. The molecule has 0 saturated carbocycles. The van der Waals surface area contributed by atoms with Crippen molar-refractivity contribution in [3.63, 3.8) is 0 Å². The molecular formula is C27H33N7O5. The lowest BCUT2D eigenvalue weighted by Gasteiger charge is -2.24. The molecule has 1 amide bonds. The molecule has 12 heteroatoms. The van der Waals surface area contributed by atoms with E-state index in [1.165, 1.54) is 9.13 Å². The summed E-state index contributed by atoms with van der Waals surface area (Å²) in [6.07, 6.45) is 1.31. The number of hydrogen-bond donors (Lipinski definition) is 2. The molecular weight excluding hydrogens is 502 g/mol. The molecule has 206 valence electrons. The summed E-state index contributed by atoms with van der Waals surface area (Å²) >= 11 is 0. The topological polar surface area (TPSA) is 138 Å². The zero-order valence-electron chi connectivity index (χ0n) is 22.6. The maximum absolute atomic E-state index is 13.1. The average Bonchev–Trinajstić information content (AvgIpc) is 3.66. The van der Waals surface area contributed by atoms with E-state index in [4.69, 9.17) is 9.47 Å². The van der Waals surface area contributed by atoms with Gasteiger partial charge in [0.1, 0.15) is 23.1 Å². The lowest BCUT2D eigenvalue weighted by molar-refractivity contribution is -0.119. The zero-order valence-corrected chi connectivity index (χ0v) is 22.6. The molecule has 0 aliphatic carbocycles. The summed E-state index contributed by atoms with van der Waals surface area (Å²) in [5.74, 6) is 1.48. The molecule has 5 rings (SSSR count). The standard InChI is InChI=1S/C27H33N7O5/c1-5-11-33-25-22(26(36)34(12-6-2)27(33)37)29-24(30-25)19-14-21(32(3)31-19)39-23(17-13-20(35)28-15-17)16-7-9-18(38-4)10-8-16/h7-10,14,17,23H,5-6,11-13,15H2,1-4H3,(H,28,35)(H,29,30). The predicted octanol–water partition coefficient (Wildman–Crippen LogP) is 2.37. The molecule has 1 aliphatic rings. The highest BCUT2D eigenvalue weighted by Crippen LogP contribution is 2.34. The smallest absolute Gasteiger partial charge is 0.332 e. The molecule has 1 saturated heterocycles. The number of rotatable bonds is 10. The Labute approximate surface area is 224 Å². The van der Waals surface area contributed by atoms with Gasteiger partial charge in [0.25, 0.3) is 5.56 Å². The number of amides is 1. The van der Waals surface area contributed by atoms with Gasteiger partial charge in [0.2, 0.25) is 11.8 Å². The molecule has 39 heavy (non-hydrogen) atoms. The Balaban J connectivity index is 1.53. The number of aromatic nitrogens is 6. The third kappa shape index (κ3) is 4.93. The number of ether oxygens (including phenoxy) is 2. The largest absolute Gasteiger partial charge is 0.497 e. The summed E-state index contributed by atoms with van der Waals surface area (Å²) in [5.41, 5.74) is 1.20. The van der Waals surface area contributed by atoms with E-state index in [1.54, 1.807) is 24.9 Å². The van der Waals surface area contributed by atoms with Crippen LogP contribution in [-0.4, -0.2) is 48.4 Å². The van der Waals surface area contributed by atoms with Gasteiger partial charge in [-0.3, -0.25) is 18.7 Å². The van der Waals surface area contributed by atoms with E-state index in [2.05, 4.69) is 20.4 Å². The van der Waals surface area contributed by atoms with Crippen LogP contribution in [0.5, 0.6) is 11.6 Å². The van der Waals surface area contributed by atoms with Gasteiger partial charge < -0.3 is 19.8 Å². The Bertz CT molecular complexity index is 1610. The first-order chi connectivity index (χ1) is 18.8. The molecule has 0 spiro atoms. The number of nitrogens with zero attached hydrogens (tertiary/aromatic N) is 5. The summed E-state index contributed by atoms with van der Waals surface area (Å²) in [7, 11) is 3.37. The molecule has 2 N–H and O–H groups in total. The van der Waals surface area contributed by atoms with E-state index < -0.39 is 11.7 Å². The third-order valence-corrected chi connectivity index (χ3v) is 6.96. The molecule has 1 fully saturated rings. The molecule has 1 aliphatic heterocycles. The van der Waals surface area contributed by atoms with Crippen molar-refractivity contribution in [2.45, 2.75) is 52.3 Å². The highest BCUT2D eigenvalue weighted by Gasteiger charge is 2.33.